The van der Waals surface area contributed by atoms with E-state index in [0.29, 0.717) is 16.6 Å². The molecule has 1 heterocycles. The van der Waals surface area contributed by atoms with Gasteiger partial charge in [0.1, 0.15) is 12.4 Å². The summed E-state index contributed by atoms with van der Waals surface area (Å²) in [5.74, 6) is -1.82. The van der Waals surface area contributed by atoms with E-state index < -0.39 is 37.0 Å². The van der Waals surface area contributed by atoms with Crippen LogP contribution in [0.15, 0.2) is 36.4 Å². The van der Waals surface area contributed by atoms with Gasteiger partial charge in [-0.25, -0.2) is 9.18 Å². The minimum Gasteiger partial charge on any atom is -0.459 e. The van der Waals surface area contributed by atoms with Crippen molar-refractivity contribution in [1.29, 1.82) is 0 Å². The van der Waals surface area contributed by atoms with Crippen molar-refractivity contribution < 1.29 is 33.5 Å². The van der Waals surface area contributed by atoms with Gasteiger partial charge in [0.15, 0.2) is 6.04 Å². The average Bonchev–Trinajstić information content (AvgIpc) is 3.07. The third-order valence-corrected chi connectivity index (χ3v) is 4.81. The molecule has 1 aliphatic heterocycles. The Morgan fingerprint density at radius 2 is 1.97 bits per heavy atom. The maximum atomic E-state index is 13.0. The average molecular weight is 401 g/mol. The van der Waals surface area contributed by atoms with Gasteiger partial charge >= 0.3 is 13.1 Å². The van der Waals surface area contributed by atoms with E-state index in [1.54, 1.807) is 19.1 Å². The summed E-state index contributed by atoms with van der Waals surface area (Å²) in [5, 5.41) is 22.4. The maximum Gasteiger partial charge on any atom is 0.492 e. The van der Waals surface area contributed by atoms with E-state index >= 15 is 0 Å². The van der Waals surface area contributed by atoms with E-state index in [-0.39, 0.29) is 18.8 Å². The zero-order chi connectivity index (χ0) is 21.1. The van der Waals surface area contributed by atoms with E-state index in [2.05, 4.69) is 5.32 Å². The van der Waals surface area contributed by atoms with Crippen LogP contribution in [-0.4, -0.2) is 41.3 Å². The number of nitrogens with one attached hydrogen (secondary N) is 1. The van der Waals surface area contributed by atoms with Crippen molar-refractivity contribution in [3.05, 3.63) is 64.5 Å². The number of fused-ring (bicyclic) bond motifs is 1. The smallest absolute Gasteiger partial charge is 0.459 e. The predicted molar refractivity (Wildman–Crippen MR) is 103 cm³/mol. The lowest BCUT2D eigenvalue weighted by Crippen LogP contribution is -2.49. The molecule has 7 nitrogen and oxygen atoms in total. The largest absolute Gasteiger partial charge is 0.492 e. The van der Waals surface area contributed by atoms with Gasteiger partial charge in [0, 0.05) is 5.56 Å². The Labute approximate surface area is 167 Å². The fraction of sp³-hybridized carbons (Fsp3) is 0.300. The minimum absolute atomic E-state index is 0.125. The number of carbonyl (C=O) groups is 2. The molecule has 29 heavy (non-hydrogen) atoms. The van der Waals surface area contributed by atoms with Crippen LogP contribution in [0.4, 0.5) is 4.39 Å². The van der Waals surface area contributed by atoms with E-state index in [4.69, 9.17) is 9.39 Å². The number of ether oxygens (including phenoxy) is 1. The van der Waals surface area contributed by atoms with E-state index in [0.717, 1.165) is 5.56 Å². The van der Waals surface area contributed by atoms with Gasteiger partial charge in [-0.05, 0) is 54.2 Å². The monoisotopic (exact) mass is 401 g/mol. The normalized spacial score (nSPS) is 14.9. The molecule has 0 unspecified atom stereocenters. The Hall–Kier alpha value is -2.75. The minimum atomic E-state index is -1.29. The van der Waals surface area contributed by atoms with Crippen LogP contribution in [0.5, 0.6) is 0 Å². The Bertz CT molecular complexity index is 918. The number of halogens is 1. The third-order valence-electron chi connectivity index (χ3n) is 4.81. The molecule has 0 fully saturated rings. The molecule has 0 saturated heterocycles. The topological polar surface area (TPSA) is 105 Å². The van der Waals surface area contributed by atoms with Crippen molar-refractivity contribution in [2.45, 2.75) is 39.2 Å². The van der Waals surface area contributed by atoms with Crippen molar-refractivity contribution in [3.8, 4) is 0 Å². The van der Waals surface area contributed by atoms with Crippen LogP contribution in [0.25, 0.3) is 0 Å². The van der Waals surface area contributed by atoms with Crippen molar-refractivity contribution in [3.63, 3.8) is 0 Å². The molecule has 9 heteroatoms. The molecule has 0 saturated carbocycles. The summed E-state index contributed by atoms with van der Waals surface area (Å²) >= 11 is 0. The molecule has 3 rings (SSSR count). The lowest BCUT2D eigenvalue weighted by Gasteiger charge is -2.21. The Kier molecular flexibility index (Phi) is 6.31. The summed E-state index contributed by atoms with van der Waals surface area (Å²) in [4.78, 5) is 25.1. The van der Waals surface area contributed by atoms with Crippen LogP contribution in [0.2, 0.25) is 0 Å². The first-order valence-electron chi connectivity index (χ1n) is 9.10. The lowest BCUT2D eigenvalue weighted by atomic mass is 9.75. The van der Waals surface area contributed by atoms with Crippen molar-refractivity contribution >= 4 is 24.5 Å². The number of aliphatic hydroxyl groups excluding tert-OH is 1. The number of carbonyl (C=O) groups excluding carboxylic acids is 2. The molecule has 2 atom stereocenters. The molecule has 0 bridgehead atoms. The number of aliphatic hydroxyl groups is 1. The summed E-state index contributed by atoms with van der Waals surface area (Å²) in [5.41, 5.74) is 2.68. The second-order valence-electron chi connectivity index (χ2n) is 6.90. The molecular weight excluding hydrogens is 380 g/mol. The van der Waals surface area contributed by atoms with Gasteiger partial charge in [-0.2, -0.15) is 0 Å². The van der Waals surface area contributed by atoms with Gasteiger partial charge < -0.3 is 24.8 Å². The maximum absolute atomic E-state index is 13.0. The molecule has 0 aliphatic carbocycles. The second kappa shape index (κ2) is 8.73. The lowest BCUT2D eigenvalue weighted by molar-refractivity contribution is -0.150. The molecule has 0 radical (unpaired) electrons. The van der Waals surface area contributed by atoms with Crippen LogP contribution in [0.3, 0.4) is 0 Å². The Balaban J connectivity index is 1.70. The van der Waals surface area contributed by atoms with Gasteiger partial charge in [0.2, 0.25) is 0 Å². The molecule has 1 aliphatic rings. The van der Waals surface area contributed by atoms with Crippen LogP contribution in [0, 0.1) is 12.7 Å². The number of benzene rings is 2. The summed E-state index contributed by atoms with van der Waals surface area (Å²) in [6.45, 7) is 3.16. The molecule has 2 aromatic rings. The fourth-order valence-corrected chi connectivity index (χ4v) is 3.17. The van der Waals surface area contributed by atoms with E-state index in [9.17, 15) is 24.1 Å². The van der Waals surface area contributed by atoms with Crippen molar-refractivity contribution in [2.75, 3.05) is 0 Å². The number of amides is 1. The Morgan fingerprint density at radius 1 is 1.28 bits per heavy atom. The number of esters is 1. The van der Waals surface area contributed by atoms with Gasteiger partial charge in [-0.1, -0.05) is 18.2 Å². The van der Waals surface area contributed by atoms with Gasteiger partial charge in [-0.3, -0.25) is 4.79 Å². The molecule has 152 valence electrons. The van der Waals surface area contributed by atoms with Gasteiger partial charge in [0.25, 0.3) is 5.91 Å². The number of rotatable bonds is 6. The van der Waals surface area contributed by atoms with E-state index in [1.165, 1.54) is 31.2 Å². The van der Waals surface area contributed by atoms with Crippen molar-refractivity contribution in [1.82, 2.24) is 5.32 Å². The SMILES string of the molecule is Cc1c(C(=O)N[C@H](C(=O)OCc2ccc(F)cc2)[C@@H](C)O)ccc2c1B(O)OC2. The van der Waals surface area contributed by atoms with Gasteiger partial charge in [0.05, 0.1) is 12.7 Å². The molecule has 1 amide bonds. The first-order valence-corrected chi connectivity index (χ1v) is 9.10. The van der Waals surface area contributed by atoms with Crippen LogP contribution in [0.1, 0.15) is 34.0 Å². The fourth-order valence-electron chi connectivity index (χ4n) is 3.17. The molecule has 3 N–H and O–H groups in total. The highest BCUT2D eigenvalue weighted by Crippen LogP contribution is 2.17. The highest BCUT2D eigenvalue weighted by atomic mass is 19.1. The standard InChI is InChI=1S/C20H21BFNO6/c1-11-16(8-5-14-10-29-21(27)17(11)14)19(25)23-18(12(2)24)20(26)28-9-13-3-6-15(22)7-4-13/h3-8,12,18,24,27H,9-10H2,1-2H3,(H,23,25)/t12-,18+/m1/s1. The quantitative estimate of drug-likeness (QED) is 0.483. The zero-order valence-corrected chi connectivity index (χ0v) is 16.0. The van der Waals surface area contributed by atoms with Crippen LogP contribution in [-0.2, 0) is 27.4 Å². The molecule has 0 spiro atoms. The third kappa shape index (κ3) is 4.64. The zero-order valence-electron chi connectivity index (χ0n) is 16.0. The first kappa shape index (κ1) is 21.0. The summed E-state index contributed by atoms with van der Waals surface area (Å²) < 4.78 is 23.3. The summed E-state index contributed by atoms with van der Waals surface area (Å²) in [6.07, 6.45) is -1.21. The van der Waals surface area contributed by atoms with Crippen LogP contribution >= 0.6 is 0 Å². The summed E-state index contributed by atoms with van der Waals surface area (Å²) in [6, 6.07) is 7.39. The van der Waals surface area contributed by atoms with E-state index in [1.807, 2.05) is 0 Å². The van der Waals surface area contributed by atoms with Gasteiger partial charge in [-0.15, -0.1) is 0 Å². The molecule has 0 aromatic heterocycles. The molecular formula is C20H21BFNO6. The first-order chi connectivity index (χ1) is 13.8. The number of hydrogen-bond acceptors (Lipinski definition) is 6. The second-order valence-corrected chi connectivity index (χ2v) is 6.90. The number of hydrogen-bond donors (Lipinski definition) is 3. The highest BCUT2D eigenvalue weighted by Gasteiger charge is 2.33. The predicted octanol–water partition coefficient (Wildman–Crippen LogP) is 0.574. The highest BCUT2D eigenvalue weighted by molar-refractivity contribution is 6.62. The van der Waals surface area contributed by atoms with Crippen LogP contribution < -0.4 is 10.8 Å². The Morgan fingerprint density at radius 3 is 2.62 bits per heavy atom. The van der Waals surface area contributed by atoms with Crippen molar-refractivity contribution in [2.24, 2.45) is 0 Å². The molecule has 2 aromatic carbocycles. The summed E-state index contributed by atoms with van der Waals surface area (Å²) in [7, 11) is -1.11.